The normalized spacial score (nSPS) is 13.5. The highest BCUT2D eigenvalue weighted by molar-refractivity contribution is 7.20. The molecular formula is C19H18N2O3S3. The van der Waals surface area contributed by atoms with Gasteiger partial charge in [-0.15, -0.1) is 34.0 Å². The first-order valence-electron chi connectivity index (χ1n) is 8.72. The number of esters is 1. The van der Waals surface area contributed by atoms with Crippen molar-refractivity contribution in [2.45, 2.75) is 32.1 Å². The summed E-state index contributed by atoms with van der Waals surface area (Å²) in [6.07, 6.45) is 2.35. The first-order valence-corrected chi connectivity index (χ1v) is 11.4. The van der Waals surface area contributed by atoms with Crippen LogP contribution in [0.5, 0.6) is 0 Å². The average Bonchev–Trinajstić information content (AvgIpc) is 3.04. The van der Waals surface area contributed by atoms with Crippen LogP contribution in [0.25, 0.3) is 9.88 Å². The summed E-state index contributed by atoms with van der Waals surface area (Å²) in [5.74, 6) is -0.115. The highest BCUT2D eigenvalue weighted by atomic mass is 32.1. The molecule has 0 atom stereocenters. The minimum atomic E-state index is -0.357. The molecule has 3 heterocycles. The van der Waals surface area contributed by atoms with Crippen LogP contribution in [0.3, 0.4) is 0 Å². The lowest BCUT2D eigenvalue weighted by Gasteiger charge is -2.07. The van der Waals surface area contributed by atoms with Gasteiger partial charge in [-0.3, -0.25) is 4.79 Å². The summed E-state index contributed by atoms with van der Waals surface area (Å²) in [6, 6.07) is 4.00. The molecule has 1 amide bonds. The van der Waals surface area contributed by atoms with E-state index in [9.17, 15) is 9.59 Å². The fourth-order valence-electron chi connectivity index (χ4n) is 2.81. The quantitative estimate of drug-likeness (QED) is 0.538. The maximum atomic E-state index is 12.5. The van der Waals surface area contributed by atoms with E-state index in [1.165, 1.54) is 22.7 Å². The molecule has 1 aliphatic carbocycles. The lowest BCUT2D eigenvalue weighted by molar-refractivity contribution is -0.115. The number of carbonyl (C=O) groups excluding carboxylic acids is 2. The van der Waals surface area contributed by atoms with Crippen molar-refractivity contribution >= 4 is 50.9 Å². The van der Waals surface area contributed by atoms with Crippen molar-refractivity contribution < 1.29 is 14.3 Å². The number of anilines is 1. The summed E-state index contributed by atoms with van der Waals surface area (Å²) in [7, 11) is 0. The number of thiazole rings is 1. The van der Waals surface area contributed by atoms with Gasteiger partial charge in [0.25, 0.3) is 0 Å². The van der Waals surface area contributed by atoms with Gasteiger partial charge in [0.2, 0.25) is 5.91 Å². The molecule has 1 N–H and O–H groups in total. The predicted molar refractivity (Wildman–Crippen MR) is 110 cm³/mol. The summed E-state index contributed by atoms with van der Waals surface area (Å²) in [4.78, 5) is 30.5. The van der Waals surface area contributed by atoms with Crippen LogP contribution in [0.2, 0.25) is 0 Å². The van der Waals surface area contributed by atoms with Crippen molar-refractivity contribution in [3.8, 4) is 9.88 Å². The number of hydrogen-bond donors (Lipinski definition) is 1. The number of ether oxygens (including phenoxy) is 1. The Labute approximate surface area is 169 Å². The van der Waals surface area contributed by atoms with Crippen LogP contribution in [-0.2, 0) is 16.0 Å². The highest BCUT2D eigenvalue weighted by Gasteiger charge is 2.32. The molecule has 3 aromatic rings. The second-order valence-electron chi connectivity index (χ2n) is 6.24. The number of nitrogens with one attached hydrogen (secondary N) is 1. The summed E-state index contributed by atoms with van der Waals surface area (Å²) < 4.78 is 5.20. The monoisotopic (exact) mass is 418 g/mol. The number of rotatable bonds is 7. The van der Waals surface area contributed by atoms with Crippen molar-refractivity contribution in [3.63, 3.8) is 0 Å². The second-order valence-corrected chi connectivity index (χ2v) is 8.92. The summed E-state index contributed by atoms with van der Waals surface area (Å²) >= 11 is 4.56. The molecule has 0 bridgehead atoms. The third-order valence-corrected chi connectivity index (χ3v) is 7.04. The third kappa shape index (κ3) is 4.12. The zero-order chi connectivity index (χ0) is 18.8. The number of thiophene rings is 2. The Bertz CT molecular complexity index is 955. The van der Waals surface area contributed by atoms with E-state index in [1.807, 2.05) is 28.3 Å². The lowest BCUT2D eigenvalue weighted by Crippen LogP contribution is -2.17. The van der Waals surface area contributed by atoms with E-state index in [0.29, 0.717) is 23.1 Å². The molecule has 0 aromatic carbocycles. The number of hydrogen-bond acceptors (Lipinski definition) is 7. The molecule has 0 saturated heterocycles. The number of nitrogens with zero attached hydrogens (tertiary/aromatic N) is 1. The van der Waals surface area contributed by atoms with Crippen molar-refractivity contribution in [1.29, 1.82) is 0 Å². The molecule has 0 spiro atoms. The van der Waals surface area contributed by atoms with Crippen LogP contribution in [-0.4, -0.2) is 23.5 Å². The van der Waals surface area contributed by atoms with Crippen LogP contribution in [0, 0.1) is 0 Å². The Morgan fingerprint density at radius 3 is 2.81 bits per heavy atom. The fourth-order valence-corrected chi connectivity index (χ4v) is 5.49. The van der Waals surface area contributed by atoms with Crippen molar-refractivity contribution in [3.05, 3.63) is 45.1 Å². The van der Waals surface area contributed by atoms with Crippen molar-refractivity contribution in [2.75, 3.05) is 11.9 Å². The van der Waals surface area contributed by atoms with E-state index < -0.39 is 0 Å². The molecule has 5 nitrogen and oxygen atoms in total. The average molecular weight is 419 g/mol. The van der Waals surface area contributed by atoms with Gasteiger partial charge in [0.05, 0.1) is 29.2 Å². The van der Waals surface area contributed by atoms with Crippen LogP contribution < -0.4 is 5.32 Å². The number of aromatic nitrogens is 1. The largest absolute Gasteiger partial charge is 0.462 e. The first-order chi connectivity index (χ1) is 13.2. The van der Waals surface area contributed by atoms with Gasteiger partial charge in [-0.2, -0.15) is 0 Å². The molecule has 0 aliphatic heterocycles. The van der Waals surface area contributed by atoms with E-state index >= 15 is 0 Å². The molecule has 8 heteroatoms. The second kappa shape index (κ2) is 7.92. The molecule has 0 radical (unpaired) electrons. The molecule has 1 fully saturated rings. The molecule has 1 aliphatic rings. The summed E-state index contributed by atoms with van der Waals surface area (Å²) in [6.45, 7) is 2.10. The highest BCUT2D eigenvalue weighted by Crippen LogP contribution is 2.46. The third-order valence-electron chi connectivity index (χ3n) is 4.19. The van der Waals surface area contributed by atoms with Gasteiger partial charge in [-0.25, -0.2) is 9.78 Å². The van der Waals surface area contributed by atoms with E-state index in [1.54, 1.807) is 18.3 Å². The van der Waals surface area contributed by atoms with Crippen LogP contribution >= 0.6 is 34.0 Å². The summed E-state index contributed by atoms with van der Waals surface area (Å²) in [5.41, 5.74) is 2.26. The molecule has 1 saturated carbocycles. The molecule has 3 aromatic heterocycles. The fraction of sp³-hybridized carbons (Fsp3) is 0.316. The van der Waals surface area contributed by atoms with Gasteiger partial charge in [-0.1, -0.05) is 6.07 Å². The SMILES string of the molecule is CCOC(=O)c1c(C2CC2)csc1NC(=O)Cc1csc(-c2cccs2)n1. The number of carbonyl (C=O) groups is 2. The molecule has 27 heavy (non-hydrogen) atoms. The predicted octanol–water partition coefficient (Wildman–Crippen LogP) is 5.17. The van der Waals surface area contributed by atoms with Gasteiger partial charge in [0, 0.05) is 5.38 Å². The van der Waals surface area contributed by atoms with Gasteiger partial charge in [0.1, 0.15) is 10.0 Å². The van der Waals surface area contributed by atoms with Gasteiger partial charge in [-0.05, 0) is 48.1 Å². The maximum absolute atomic E-state index is 12.5. The van der Waals surface area contributed by atoms with Crippen LogP contribution in [0.4, 0.5) is 5.00 Å². The van der Waals surface area contributed by atoms with E-state index in [4.69, 9.17) is 4.74 Å². The van der Waals surface area contributed by atoms with Gasteiger partial charge >= 0.3 is 5.97 Å². The van der Waals surface area contributed by atoms with Crippen LogP contribution in [0.15, 0.2) is 28.3 Å². The topological polar surface area (TPSA) is 68.3 Å². The van der Waals surface area contributed by atoms with Crippen LogP contribution in [0.1, 0.15) is 47.3 Å². The van der Waals surface area contributed by atoms with E-state index in [2.05, 4.69) is 10.3 Å². The maximum Gasteiger partial charge on any atom is 0.341 e. The van der Waals surface area contributed by atoms with Crippen molar-refractivity contribution in [2.24, 2.45) is 0 Å². The van der Waals surface area contributed by atoms with Crippen molar-refractivity contribution in [1.82, 2.24) is 4.98 Å². The zero-order valence-corrected chi connectivity index (χ0v) is 17.1. The molecule has 140 valence electrons. The molecular weight excluding hydrogens is 400 g/mol. The minimum absolute atomic E-state index is 0.173. The summed E-state index contributed by atoms with van der Waals surface area (Å²) in [5, 5.41) is 10.3. The van der Waals surface area contributed by atoms with E-state index in [0.717, 1.165) is 34.0 Å². The lowest BCUT2D eigenvalue weighted by atomic mass is 10.1. The Morgan fingerprint density at radius 2 is 2.11 bits per heavy atom. The Kier molecular flexibility index (Phi) is 5.38. The Hall–Kier alpha value is -2.03. The van der Waals surface area contributed by atoms with E-state index in [-0.39, 0.29) is 18.3 Å². The number of amides is 1. The standard InChI is InChI=1S/C19H18N2O3S3/c1-2-24-19(23)16-13(11-5-6-11)10-27-18(16)21-15(22)8-12-9-26-17(20-12)14-4-3-7-25-14/h3-4,7,9-11H,2,5-6,8H2,1H3,(H,21,22). The first kappa shape index (κ1) is 18.3. The van der Waals surface area contributed by atoms with Gasteiger partial charge in [0.15, 0.2) is 0 Å². The smallest absolute Gasteiger partial charge is 0.341 e. The minimum Gasteiger partial charge on any atom is -0.462 e. The molecule has 0 unspecified atom stereocenters. The van der Waals surface area contributed by atoms with Gasteiger partial charge < -0.3 is 10.1 Å². The molecule has 4 rings (SSSR count). The zero-order valence-electron chi connectivity index (χ0n) is 14.7. The Balaban J connectivity index is 1.47. The Morgan fingerprint density at radius 1 is 1.26 bits per heavy atom.